The average molecular weight is 319 g/mol. The molecule has 0 saturated heterocycles. The van der Waals surface area contributed by atoms with Crippen LogP contribution < -0.4 is 4.74 Å². The van der Waals surface area contributed by atoms with E-state index >= 15 is 0 Å². The molecule has 1 atom stereocenters. The average Bonchev–Trinajstić information content (AvgIpc) is 2.81. The third-order valence-electron chi connectivity index (χ3n) is 3.62. The molecule has 0 spiro atoms. The van der Waals surface area contributed by atoms with Crippen molar-refractivity contribution in [1.29, 1.82) is 5.26 Å². The van der Waals surface area contributed by atoms with E-state index in [9.17, 15) is 5.26 Å². The standard InChI is InChI=1S/C17H19ClN2O2/c1-11-9-15(18)6-7-16(11)21-8-4-5-14(10-19)17-12(2)20-22-13(17)3/h6-7,9,14H,4-5,8H2,1-3H3. The molecule has 2 aromatic rings. The molecule has 0 aliphatic rings. The number of nitriles is 1. The Bertz CT molecular complexity index is 669. The summed E-state index contributed by atoms with van der Waals surface area (Å²) in [6.07, 6.45) is 1.50. The summed E-state index contributed by atoms with van der Waals surface area (Å²) >= 11 is 5.92. The Morgan fingerprint density at radius 1 is 1.36 bits per heavy atom. The molecule has 5 heteroatoms. The molecule has 0 aliphatic carbocycles. The molecule has 0 amide bonds. The molecule has 1 unspecified atom stereocenters. The highest BCUT2D eigenvalue weighted by atomic mass is 35.5. The van der Waals surface area contributed by atoms with Gasteiger partial charge >= 0.3 is 0 Å². The summed E-state index contributed by atoms with van der Waals surface area (Å²) in [4.78, 5) is 0. The summed E-state index contributed by atoms with van der Waals surface area (Å²) in [6.45, 7) is 6.23. The van der Waals surface area contributed by atoms with Crippen LogP contribution in [0.2, 0.25) is 5.02 Å². The number of hydrogen-bond donors (Lipinski definition) is 0. The first kappa shape index (κ1) is 16.4. The molecule has 0 saturated carbocycles. The van der Waals surface area contributed by atoms with Crippen molar-refractivity contribution in [2.45, 2.75) is 39.5 Å². The maximum Gasteiger partial charge on any atom is 0.138 e. The second-order valence-electron chi connectivity index (χ2n) is 5.32. The zero-order chi connectivity index (χ0) is 16.1. The molecule has 1 aromatic carbocycles. The van der Waals surface area contributed by atoms with Crippen LogP contribution in [0.5, 0.6) is 5.75 Å². The molecule has 1 aromatic heterocycles. The Kier molecular flexibility index (Phi) is 5.46. The first-order valence-electron chi connectivity index (χ1n) is 7.24. The Balaban J connectivity index is 1.89. The van der Waals surface area contributed by atoms with E-state index in [-0.39, 0.29) is 5.92 Å². The number of hydrogen-bond acceptors (Lipinski definition) is 4. The van der Waals surface area contributed by atoms with E-state index in [2.05, 4.69) is 11.2 Å². The minimum Gasteiger partial charge on any atom is -0.493 e. The van der Waals surface area contributed by atoms with E-state index in [0.717, 1.165) is 34.8 Å². The van der Waals surface area contributed by atoms with E-state index in [1.54, 1.807) is 0 Å². The van der Waals surface area contributed by atoms with Gasteiger partial charge in [-0.2, -0.15) is 5.26 Å². The highest BCUT2D eigenvalue weighted by Crippen LogP contribution is 2.27. The maximum atomic E-state index is 9.36. The quantitative estimate of drug-likeness (QED) is 0.723. The van der Waals surface area contributed by atoms with Crippen LogP contribution in [-0.4, -0.2) is 11.8 Å². The third-order valence-corrected chi connectivity index (χ3v) is 3.86. The van der Waals surface area contributed by atoms with Crippen LogP contribution in [0.25, 0.3) is 0 Å². The van der Waals surface area contributed by atoms with Crippen LogP contribution in [0.15, 0.2) is 22.7 Å². The number of nitrogens with zero attached hydrogens (tertiary/aromatic N) is 2. The van der Waals surface area contributed by atoms with E-state index in [1.807, 2.05) is 39.0 Å². The molecule has 22 heavy (non-hydrogen) atoms. The van der Waals surface area contributed by atoms with Gasteiger partial charge in [0.05, 0.1) is 24.3 Å². The molecule has 116 valence electrons. The highest BCUT2D eigenvalue weighted by molar-refractivity contribution is 6.30. The minimum atomic E-state index is -0.207. The second kappa shape index (κ2) is 7.33. The van der Waals surface area contributed by atoms with Gasteiger partial charge in [0.2, 0.25) is 0 Å². The van der Waals surface area contributed by atoms with Gasteiger partial charge in [0.15, 0.2) is 0 Å². The van der Waals surface area contributed by atoms with Crippen molar-refractivity contribution in [3.05, 3.63) is 45.8 Å². The predicted octanol–water partition coefficient (Wildman–Crippen LogP) is 4.72. The van der Waals surface area contributed by atoms with Crippen LogP contribution >= 0.6 is 11.6 Å². The van der Waals surface area contributed by atoms with Gasteiger partial charge in [-0.3, -0.25) is 0 Å². The second-order valence-corrected chi connectivity index (χ2v) is 5.76. The van der Waals surface area contributed by atoms with Gasteiger partial charge in [-0.1, -0.05) is 16.8 Å². The van der Waals surface area contributed by atoms with Crippen LogP contribution in [0.4, 0.5) is 0 Å². The molecule has 4 nitrogen and oxygen atoms in total. The van der Waals surface area contributed by atoms with Crippen molar-refractivity contribution in [1.82, 2.24) is 5.16 Å². The number of aromatic nitrogens is 1. The van der Waals surface area contributed by atoms with Gasteiger partial charge in [-0.05, 0) is 57.4 Å². The smallest absolute Gasteiger partial charge is 0.138 e. The summed E-state index contributed by atoms with van der Waals surface area (Å²) in [7, 11) is 0. The number of ether oxygens (including phenoxy) is 1. The van der Waals surface area contributed by atoms with Crippen LogP contribution in [0.1, 0.15) is 41.3 Å². The molecule has 0 fully saturated rings. The molecule has 0 aliphatic heterocycles. The first-order chi connectivity index (χ1) is 10.5. The lowest BCUT2D eigenvalue weighted by Gasteiger charge is -2.11. The molecular formula is C17H19ClN2O2. The Morgan fingerprint density at radius 3 is 2.73 bits per heavy atom. The van der Waals surface area contributed by atoms with Crippen molar-refractivity contribution in [3.8, 4) is 11.8 Å². The number of aryl methyl sites for hydroxylation is 3. The molecule has 0 bridgehead atoms. The van der Waals surface area contributed by atoms with Crippen LogP contribution in [0.3, 0.4) is 0 Å². The summed E-state index contributed by atoms with van der Waals surface area (Å²) in [5, 5.41) is 14.0. The van der Waals surface area contributed by atoms with Gasteiger partial charge in [0, 0.05) is 10.6 Å². The van der Waals surface area contributed by atoms with E-state index < -0.39 is 0 Å². The van der Waals surface area contributed by atoms with Gasteiger partial charge in [0.1, 0.15) is 11.5 Å². The van der Waals surface area contributed by atoms with Crippen molar-refractivity contribution in [2.24, 2.45) is 0 Å². The topological polar surface area (TPSA) is 59.0 Å². The first-order valence-corrected chi connectivity index (χ1v) is 7.62. The van der Waals surface area contributed by atoms with Crippen molar-refractivity contribution in [2.75, 3.05) is 6.61 Å². The largest absolute Gasteiger partial charge is 0.493 e. The predicted molar refractivity (Wildman–Crippen MR) is 85.2 cm³/mol. The summed E-state index contributed by atoms with van der Waals surface area (Å²) in [5.41, 5.74) is 2.71. The van der Waals surface area contributed by atoms with Gasteiger partial charge in [-0.15, -0.1) is 0 Å². The molecular weight excluding hydrogens is 300 g/mol. The maximum absolute atomic E-state index is 9.36. The van der Waals surface area contributed by atoms with Crippen LogP contribution in [0, 0.1) is 32.1 Å². The Hall–Kier alpha value is -1.99. The molecule has 2 rings (SSSR count). The fourth-order valence-electron chi connectivity index (χ4n) is 2.51. The number of halogens is 1. The Morgan fingerprint density at radius 2 is 2.14 bits per heavy atom. The number of rotatable bonds is 6. The SMILES string of the molecule is Cc1cc(Cl)ccc1OCCCC(C#N)c1c(C)noc1C. The fraction of sp³-hybridized carbons (Fsp3) is 0.412. The summed E-state index contributed by atoms with van der Waals surface area (Å²) in [5.74, 6) is 1.34. The zero-order valence-corrected chi connectivity index (χ0v) is 13.8. The zero-order valence-electron chi connectivity index (χ0n) is 13.0. The van der Waals surface area contributed by atoms with Crippen LogP contribution in [-0.2, 0) is 0 Å². The summed E-state index contributed by atoms with van der Waals surface area (Å²) < 4.78 is 10.9. The third kappa shape index (κ3) is 3.80. The number of benzene rings is 1. The van der Waals surface area contributed by atoms with Gasteiger partial charge < -0.3 is 9.26 Å². The molecule has 1 heterocycles. The lowest BCUT2D eigenvalue weighted by Crippen LogP contribution is -2.04. The highest BCUT2D eigenvalue weighted by Gasteiger charge is 2.19. The molecule has 0 radical (unpaired) electrons. The fourth-order valence-corrected chi connectivity index (χ4v) is 2.73. The summed E-state index contributed by atoms with van der Waals surface area (Å²) in [6, 6.07) is 7.88. The van der Waals surface area contributed by atoms with Crippen molar-refractivity contribution in [3.63, 3.8) is 0 Å². The lowest BCUT2D eigenvalue weighted by atomic mass is 9.94. The normalized spacial score (nSPS) is 12.0. The minimum absolute atomic E-state index is 0.207. The van der Waals surface area contributed by atoms with Gasteiger partial charge in [0.25, 0.3) is 0 Å². The van der Waals surface area contributed by atoms with E-state index in [0.29, 0.717) is 18.1 Å². The van der Waals surface area contributed by atoms with E-state index in [4.69, 9.17) is 20.9 Å². The van der Waals surface area contributed by atoms with Gasteiger partial charge in [-0.25, -0.2) is 0 Å². The van der Waals surface area contributed by atoms with E-state index in [1.165, 1.54) is 0 Å². The lowest BCUT2D eigenvalue weighted by molar-refractivity contribution is 0.302. The molecule has 0 N–H and O–H groups in total. The monoisotopic (exact) mass is 318 g/mol. The van der Waals surface area contributed by atoms with Crippen molar-refractivity contribution >= 4 is 11.6 Å². The van der Waals surface area contributed by atoms with Crippen molar-refractivity contribution < 1.29 is 9.26 Å². The Labute approximate surface area is 135 Å².